The second-order valence-corrected chi connectivity index (χ2v) is 12.6. The third kappa shape index (κ3) is 7.68. The summed E-state index contributed by atoms with van der Waals surface area (Å²) in [7, 11) is 0. The normalized spacial score (nSPS) is 11.5. The fourth-order valence-electron chi connectivity index (χ4n) is 4.89. The summed E-state index contributed by atoms with van der Waals surface area (Å²) >= 11 is 3.21. The second-order valence-electron chi connectivity index (χ2n) is 10.7. The molecule has 5 aromatic carbocycles. The van der Waals surface area contributed by atoms with Crippen molar-refractivity contribution in [3.63, 3.8) is 0 Å². The van der Waals surface area contributed by atoms with Crippen molar-refractivity contribution < 1.29 is 0 Å². The summed E-state index contributed by atoms with van der Waals surface area (Å²) in [5, 5.41) is 29.1. The summed E-state index contributed by atoms with van der Waals surface area (Å²) in [5.74, 6) is 2.82. The Morgan fingerprint density at radius 1 is 0.458 bits per heavy atom. The quantitative estimate of drug-likeness (QED) is 0.0963. The Kier molecular flexibility index (Phi) is 9.92. The van der Waals surface area contributed by atoms with E-state index in [2.05, 4.69) is 44.7 Å². The minimum absolute atomic E-state index is 0.698. The van der Waals surface area contributed by atoms with E-state index >= 15 is 0 Å². The molecule has 0 spiro atoms. The summed E-state index contributed by atoms with van der Waals surface area (Å²) in [6.07, 6.45) is 3.67. The van der Waals surface area contributed by atoms with E-state index in [4.69, 9.17) is 10.2 Å². The summed E-state index contributed by atoms with van der Waals surface area (Å²) < 4.78 is 3.64. The van der Waals surface area contributed by atoms with Crippen molar-refractivity contribution in [3.05, 3.63) is 168 Å². The lowest BCUT2D eigenvalue weighted by molar-refractivity contribution is 0.772. The maximum absolute atomic E-state index is 4.79. The zero-order chi connectivity index (χ0) is 32.4. The van der Waals surface area contributed by atoms with Gasteiger partial charge in [-0.15, -0.1) is 20.4 Å². The van der Waals surface area contributed by atoms with Gasteiger partial charge in [-0.05, 0) is 22.3 Å². The molecule has 0 bridgehead atoms. The van der Waals surface area contributed by atoms with Crippen molar-refractivity contribution in [2.24, 2.45) is 10.2 Å². The monoisotopic (exact) mass is 662 g/mol. The van der Waals surface area contributed by atoms with E-state index in [0.29, 0.717) is 23.2 Å². The van der Waals surface area contributed by atoms with Crippen LogP contribution < -0.4 is 0 Å². The first-order chi connectivity index (χ1) is 23.8. The summed E-state index contributed by atoms with van der Waals surface area (Å²) in [4.78, 5) is 0. The summed E-state index contributed by atoms with van der Waals surface area (Å²) in [6.45, 7) is 0. The molecule has 10 heteroatoms. The molecule has 0 aliphatic carbocycles. The smallest absolute Gasteiger partial charge is 0.187 e. The average molecular weight is 663 g/mol. The molecule has 0 radical (unpaired) electrons. The maximum atomic E-state index is 4.79. The van der Waals surface area contributed by atoms with Crippen molar-refractivity contribution in [3.8, 4) is 22.8 Å². The first-order valence-corrected chi connectivity index (χ1v) is 17.3. The SMILES string of the molecule is C(=N\n1c(SCc2cccc(CSc3nnc(-c4ccccc4)n3/N=C/c3ccccc3)c2)nnc1-c1ccccc1)/c1ccccc1. The Hall–Kier alpha value is -5.58. The van der Waals surface area contributed by atoms with Gasteiger partial charge in [0.2, 0.25) is 10.3 Å². The number of hydrogen-bond acceptors (Lipinski definition) is 8. The van der Waals surface area contributed by atoms with Crippen LogP contribution >= 0.6 is 23.5 Å². The number of rotatable bonds is 12. The van der Waals surface area contributed by atoms with Crippen LogP contribution in [0.3, 0.4) is 0 Å². The van der Waals surface area contributed by atoms with Crippen LogP contribution in [0.25, 0.3) is 22.8 Å². The molecule has 2 aromatic heterocycles. The molecule has 8 nitrogen and oxygen atoms in total. The number of aromatic nitrogens is 6. The molecule has 7 rings (SSSR count). The van der Waals surface area contributed by atoms with E-state index in [1.165, 1.54) is 11.1 Å². The van der Waals surface area contributed by atoms with Crippen molar-refractivity contribution in [1.29, 1.82) is 0 Å². The van der Waals surface area contributed by atoms with Gasteiger partial charge in [0.15, 0.2) is 11.6 Å². The second kappa shape index (κ2) is 15.3. The molecule has 7 aromatic rings. The van der Waals surface area contributed by atoms with E-state index in [0.717, 1.165) is 32.6 Å². The van der Waals surface area contributed by atoms with Gasteiger partial charge in [0, 0.05) is 22.6 Å². The highest BCUT2D eigenvalue weighted by atomic mass is 32.2. The molecule has 0 unspecified atom stereocenters. The largest absolute Gasteiger partial charge is 0.212 e. The standard InChI is InChI=1S/C38H30N8S2/c1-5-14-29(15-6-1)25-39-45-35(33-20-9-3-10-21-33)41-43-37(45)47-27-31-18-13-19-32(24-31)28-48-38-44-42-36(34-22-11-4-12-23-34)46(38)40-26-30-16-7-2-8-17-30/h1-26H,27-28H2/b39-25+,40-26+. The van der Waals surface area contributed by atoms with Gasteiger partial charge < -0.3 is 0 Å². The average Bonchev–Trinajstić information content (AvgIpc) is 3.77. The van der Waals surface area contributed by atoms with Crippen molar-refractivity contribution in [2.45, 2.75) is 21.8 Å². The van der Waals surface area contributed by atoms with Gasteiger partial charge >= 0.3 is 0 Å². The van der Waals surface area contributed by atoms with Crippen molar-refractivity contribution >= 4 is 36.0 Å². The van der Waals surface area contributed by atoms with Crippen LogP contribution in [0.4, 0.5) is 0 Å². The van der Waals surface area contributed by atoms with E-state index in [1.54, 1.807) is 23.5 Å². The lowest BCUT2D eigenvalue weighted by Crippen LogP contribution is -1.98. The van der Waals surface area contributed by atoms with E-state index in [-0.39, 0.29) is 0 Å². The van der Waals surface area contributed by atoms with Crippen LogP contribution in [0, 0.1) is 0 Å². The van der Waals surface area contributed by atoms with Gasteiger partial charge in [0.25, 0.3) is 0 Å². The highest BCUT2D eigenvalue weighted by molar-refractivity contribution is 7.98. The molecule has 0 aliphatic heterocycles. The fourth-order valence-corrected chi connectivity index (χ4v) is 6.55. The number of nitrogens with zero attached hydrogens (tertiary/aromatic N) is 8. The predicted octanol–water partition coefficient (Wildman–Crippen LogP) is 8.55. The Morgan fingerprint density at radius 2 is 0.854 bits per heavy atom. The third-order valence-corrected chi connectivity index (χ3v) is 9.24. The van der Waals surface area contributed by atoms with Crippen LogP contribution in [0.15, 0.2) is 166 Å². The van der Waals surface area contributed by atoms with E-state index < -0.39 is 0 Å². The molecule has 234 valence electrons. The predicted molar refractivity (Wildman–Crippen MR) is 195 cm³/mol. The van der Waals surface area contributed by atoms with Gasteiger partial charge in [-0.25, -0.2) is 0 Å². The molecule has 0 N–H and O–H groups in total. The number of hydrogen-bond donors (Lipinski definition) is 0. The van der Waals surface area contributed by atoms with Crippen LogP contribution in [0.1, 0.15) is 22.3 Å². The number of benzene rings is 5. The van der Waals surface area contributed by atoms with Gasteiger partial charge in [-0.2, -0.15) is 19.6 Å². The number of thioether (sulfide) groups is 2. The lowest BCUT2D eigenvalue weighted by atomic mass is 10.2. The van der Waals surface area contributed by atoms with Crippen LogP contribution in [-0.2, 0) is 11.5 Å². The molecule has 0 saturated carbocycles. The van der Waals surface area contributed by atoms with Crippen LogP contribution in [-0.4, -0.2) is 42.2 Å². The minimum atomic E-state index is 0.698. The highest BCUT2D eigenvalue weighted by Crippen LogP contribution is 2.29. The Bertz CT molecular complexity index is 1980. The lowest BCUT2D eigenvalue weighted by Gasteiger charge is -2.07. The maximum Gasteiger partial charge on any atom is 0.212 e. The summed E-state index contributed by atoms with van der Waals surface area (Å²) in [5.41, 5.74) is 6.27. The van der Waals surface area contributed by atoms with Crippen molar-refractivity contribution in [2.75, 3.05) is 0 Å². The fraction of sp³-hybridized carbons (Fsp3) is 0.0526. The zero-order valence-electron chi connectivity index (χ0n) is 25.8. The van der Waals surface area contributed by atoms with Gasteiger partial charge in [-0.3, -0.25) is 0 Å². The van der Waals surface area contributed by atoms with Crippen LogP contribution in [0.2, 0.25) is 0 Å². The molecule has 48 heavy (non-hydrogen) atoms. The van der Waals surface area contributed by atoms with Gasteiger partial charge in [0.1, 0.15) is 0 Å². The van der Waals surface area contributed by atoms with Crippen LogP contribution in [0.5, 0.6) is 0 Å². The molecule has 0 atom stereocenters. The summed E-state index contributed by atoms with van der Waals surface area (Å²) in [6, 6.07) is 48.7. The molecule has 0 aliphatic rings. The first kappa shape index (κ1) is 31.0. The van der Waals surface area contributed by atoms with Crippen molar-refractivity contribution in [1.82, 2.24) is 29.7 Å². The Morgan fingerprint density at radius 3 is 1.27 bits per heavy atom. The molecular weight excluding hydrogens is 633 g/mol. The minimum Gasteiger partial charge on any atom is -0.187 e. The zero-order valence-corrected chi connectivity index (χ0v) is 27.5. The third-order valence-electron chi connectivity index (χ3n) is 7.26. The molecule has 0 saturated heterocycles. The molecule has 2 heterocycles. The van der Waals surface area contributed by atoms with E-state index in [1.807, 2.05) is 143 Å². The topological polar surface area (TPSA) is 86.1 Å². The molecule has 0 amide bonds. The van der Waals surface area contributed by atoms with E-state index in [9.17, 15) is 0 Å². The van der Waals surface area contributed by atoms with Gasteiger partial charge in [-0.1, -0.05) is 169 Å². The first-order valence-electron chi connectivity index (χ1n) is 15.3. The van der Waals surface area contributed by atoms with Gasteiger partial charge in [0.05, 0.1) is 12.4 Å². The Labute approximate surface area is 287 Å². The molecular formula is C38H30N8S2. The Balaban J connectivity index is 1.08. The molecule has 0 fully saturated rings. The highest BCUT2D eigenvalue weighted by Gasteiger charge is 2.16.